The fourth-order valence-electron chi connectivity index (χ4n) is 2.03. The number of aryl methyl sites for hydroxylation is 1. The standard InChI is InChI=1S/C16H12N.Pt/c1-12-11-14-9-5-6-10-15(14)17-16(12)13-7-3-2-4-8-13;/h2-7,9-11H,1H3;/q-1;. The van der Waals surface area contributed by atoms with E-state index in [0.29, 0.717) is 0 Å². The van der Waals surface area contributed by atoms with Crippen LogP contribution in [0.25, 0.3) is 22.2 Å². The summed E-state index contributed by atoms with van der Waals surface area (Å²) in [6.07, 6.45) is 0. The summed E-state index contributed by atoms with van der Waals surface area (Å²) < 4.78 is 0. The molecule has 1 heterocycles. The molecule has 3 rings (SSSR count). The van der Waals surface area contributed by atoms with Crippen molar-refractivity contribution in [3.05, 3.63) is 66.2 Å². The monoisotopic (exact) mass is 413 g/mol. The van der Waals surface area contributed by atoms with Crippen LogP contribution in [0.15, 0.2) is 54.6 Å². The Labute approximate surface area is 121 Å². The number of fused-ring (bicyclic) bond motifs is 1. The van der Waals surface area contributed by atoms with Crippen molar-refractivity contribution in [1.29, 1.82) is 0 Å². The summed E-state index contributed by atoms with van der Waals surface area (Å²) >= 11 is 0. The second-order valence-corrected chi connectivity index (χ2v) is 4.12. The van der Waals surface area contributed by atoms with Crippen LogP contribution in [0.3, 0.4) is 0 Å². The van der Waals surface area contributed by atoms with Gasteiger partial charge < -0.3 is 0 Å². The molecule has 0 N–H and O–H groups in total. The van der Waals surface area contributed by atoms with Gasteiger partial charge in [-0.25, -0.2) is 0 Å². The Morgan fingerprint density at radius 2 is 1.78 bits per heavy atom. The van der Waals surface area contributed by atoms with Gasteiger partial charge >= 0.3 is 0 Å². The quantitative estimate of drug-likeness (QED) is 0.550. The maximum absolute atomic E-state index is 4.71. The number of rotatable bonds is 1. The van der Waals surface area contributed by atoms with E-state index in [1.165, 1.54) is 10.9 Å². The number of nitrogens with zero attached hydrogens (tertiary/aromatic N) is 1. The summed E-state index contributed by atoms with van der Waals surface area (Å²) in [5, 5.41) is 1.18. The number of para-hydroxylation sites is 1. The van der Waals surface area contributed by atoms with Crippen LogP contribution in [0.2, 0.25) is 0 Å². The Hall–Kier alpha value is -1.46. The predicted octanol–water partition coefficient (Wildman–Crippen LogP) is 4.01. The molecular formula is C16H12NPt-. The minimum atomic E-state index is 0. The Bertz CT molecular complexity index is 662. The number of hydrogen-bond donors (Lipinski definition) is 0. The van der Waals surface area contributed by atoms with Gasteiger partial charge in [0.25, 0.3) is 0 Å². The smallest absolute Gasteiger partial charge is 0.0595 e. The Morgan fingerprint density at radius 1 is 1.00 bits per heavy atom. The first-order chi connectivity index (χ1) is 8.34. The molecule has 0 spiro atoms. The van der Waals surface area contributed by atoms with Crippen LogP contribution in [-0.2, 0) is 21.1 Å². The van der Waals surface area contributed by atoms with Gasteiger partial charge in [0.2, 0.25) is 0 Å². The molecule has 0 bridgehead atoms. The molecular weight excluding hydrogens is 401 g/mol. The summed E-state index contributed by atoms with van der Waals surface area (Å²) in [6, 6.07) is 21.6. The Kier molecular flexibility index (Phi) is 3.93. The molecule has 0 aliphatic heterocycles. The zero-order valence-electron chi connectivity index (χ0n) is 9.96. The van der Waals surface area contributed by atoms with Crippen molar-refractivity contribution in [1.82, 2.24) is 4.98 Å². The molecule has 1 aromatic heterocycles. The average Bonchev–Trinajstić information content (AvgIpc) is 2.39. The van der Waals surface area contributed by atoms with E-state index in [1.54, 1.807) is 0 Å². The molecule has 0 fully saturated rings. The molecule has 0 unspecified atom stereocenters. The van der Waals surface area contributed by atoms with Crippen molar-refractivity contribution in [2.75, 3.05) is 0 Å². The molecule has 18 heavy (non-hydrogen) atoms. The zero-order valence-corrected chi connectivity index (χ0v) is 12.2. The molecule has 0 amide bonds. The molecule has 3 aromatic rings. The summed E-state index contributed by atoms with van der Waals surface area (Å²) in [6.45, 7) is 2.09. The van der Waals surface area contributed by atoms with Crippen LogP contribution < -0.4 is 0 Å². The molecule has 0 saturated carbocycles. The van der Waals surface area contributed by atoms with Gasteiger partial charge in [-0.3, -0.25) is 4.98 Å². The summed E-state index contributed by atoms with van der Waals surface area (Å²) in [5.74, 6) is 0. The molecule has 2 heteroatoms. The molecule has 0 aliphatic carbocycles. The van der Waals surface area contributed by atoms with Gasteiger partial charge in [0.15, 0.2) is 0 Å². The SMILES string of the molecule is Cc1cc2ccccc2nc1-c1[c-]cccc1.[Pt]. The fraction of sp³-hybridized carbons (Fsp3) is 0.0625. The molecule has 1 nitrogen and oxygen atoms in total. The van der Waals surface area contributed by atoms with Crippen LogP contribution in [0.1, 0.15) is 5.56 Å². The zero-order chi connectivity index (χ0) is 11.7. The summed E-state index contributed by atoms with van der Waals surface area (Å²) in [5.41, 5.74) is 4.29. The van der Waals surface area contributed by atoms with Gasteiger partial charge in [-0.1, -0.05) is 29.8 Å². The molecule has 2 aromatic carbocycles. The first-order valence-electron chi connectivity index (χ1n) is 5.68. The van der Waals surface area contributed by atoms with E-state index in [4.69, 9.17) is 4.98 Å². The first kappa shape index (κ1) is 13.0. The second-order valence-electron chi connectivity index (χ2n) is 4.12. The van der Waals surface area contributed by atoms with Crippen molar-refractivity contribution < 1.29 is 21.1 Å². The second kappa shape index (κ2) is 5.45. The van der Waals surface area contributed by atoms with Gasteiger partial charge in [0.05, 0.1) is 5.52 Å². The maximum atomic E-state index is 4.71. The van der Waals surface area contributed by atoms with E-state index < -0.39 is 0 Å². The van der Waals surface area contributed by atoms with Crippen LogP contribution >= 0.6 is 0 Å². The van der Waals surface area contributed by atoms with E-state index in [0.717, 1.165) is 16.8 Å². The third-order valence-electron chi connectivity index (χ3n) is 2.88. The third kappa shape index (κ3) is 2.37. The van der Waals surface area contributed by atoms with E-state index in [1.807, 2.05) is 42.5 Å². The molecule has 0 atom stereocenters. The molecule has 0 saturated heterocycles. The fourth-order valence-corrected chi connectivity index (χ4v) is 2.03. The Balaban J connectivity index is 0.00000120. The minimum Gasteiger partial charge on any atom is -0.296 e. The van der Waals surface area contributed by atoms with Gasteiger partial charge in [-0.2, -0.15) is 0 Å². The first-order valence-corrected chi connectivity index (χ1v) is 5.68. The van der Waals surface area contributed by atoms with Crippen LogP contribution in [0.5, 0.6) is 0 Å². The van der Waals surface area contributed by atoms with Gasteiger partial charge in [-0.15, -0.1) is 35.9 Å². The van der Waals surface area contributed by atoms with E-state index in [9.17, 15) is 0 Å². The minimum absolute atomic E-state index is 0. The van der Waals surface area contributed by atoms with E-state index in [2.05, 4.69) is 25.1 Å². The van der Waals surface area contributed by atoms with Crippen LogP contribution in [-0.4, -0.2) is 4.98 Å². The number of benzene rings is 2. The molecule has 0 aliphatic rings. The van der Waals surface area contributed by atoms with Crippen LogP contribution in [0, 0.1) is 13.0 Å². The van der Waals surface area contributed by atoms with E-state index in [-0.39, 0.29) is 21.1 Å². The molecule has 92 valence electrons. The van der Waals surface area contributed by atoms with Crippen LogP contribution in [0.4, 0.5) is 0 Å². The number of pyridine rings is 1. The average molecular weight is 413 g/mol. The molecule has 0 radical (unpaired) electrons. The van der Waals surface area contributed by atoms with Gasteiger partial charge in [-0.05, 0) is 24.1 Å². The summed E-state index contributed by atoms with van der Waals surface area (Å²) in [7, 11) is 0. The predicted molar refractivity (Wildman–Crippen MR) is 70.8 cm³/mol. The topological polar surface area (TPSA) is 12.9 Å². The summed E-state index contributed by atoms with van der Waals surface area (Å²) in [4.78, 5) is 4.71. The normalized spacial score (nSPS) is 10.1. The van der Waals surface area contributed by atoms with Gasteiger partial charge in [0.1, 0.15) is 0 Å². The van der Waals surface area contributed by atoms with E-state index >= 15 is 0 Å². The largest absolute Gasteiger partial charge is 0.296 e. The van der Waals surface area contributed by atoms with Crippen molar-refractivity contribution >= 4 is 10.9 Å². The van der Waals surface area contributed by atoms with Crippen molar-refractivity contribution in [3.63, 3.8) is 0 Å². The van der Waals surface area contributed by atoms with Crippen molar-refractivity contribution in [2.24, 2.45) is 0 Å². The van der Waals surface area contributed by atoms with Crippen molar-refractivity contribution in [2.45, 2.75) is 6.92 Å². The third-order valence-corrected chi connectivity index (χ3v) is 2.88. The number of hydrogen-bond acceptors (Lipinski definition) is 1. The maximum Gasteiger partial charge on any atom is 0.0595 e. The van der Waals surface area contributed by atoms with Crippen molar-refractivity contribution in [3.8, 4) is 11.3 Å². The number of aromatic nitrogens is 1. The Morgan fingerprint density at radius 3 is 2.56 bits per heavy atom. The van der Waals surface area contributed by atoms with Gasteiger partial charge in [0, 0.05) is 21.1 Å².